The molecule has 0 atom stereocenters. The van der Waals surface area contributed by atoms with Gasteiger partial charge in [0, 0.05) is 38.9 Å². The first-order valence-electron chi connectivity index (χ1n) is 10.7. The third-order valence-electron chi connectivity index (χ3n) is 5.70. The number of benzene rings is 2. The van der Waals surface area contributed by atoms with E-state index in [1.54, 1.807) is 13.1 Å². The number of hydrogen-bond donors (Lipinski definition) is 0. The summed E-state index contributed by atoms with van der Waals surface area (Å²) < 4.78 is 33.6. The van der Waals surface area contributed by atoms with Crippen LogP contribution in [0.2, 0.25) is 5.02 Å². The van der Waals surface area contributed by atoms with Gasteiger partial charge in [-0.15, -0.1) is 0 Å². The van der Waals surface area contributed by atoms with Crippen LogP contribution < -0.4 is 4.90 Å². The highest BCUT2D eigenvalue weighted by Gasteiger charge is 2.30. The molecular formula is C24H26ClN3O4S. The molecule has 1 saturated heterocycles. The van der Waals surface area contributed by atoms with Crippen molar-refractivity contribution in [3.8, 4) is 0 Å². The minimum absolute atomic E-state index is 0.0608. The summed E-state index contributed by atoms with van der Waals surface area (Å²) in [6, 6.07) is 17.8. The van der Waals surface area contributed by atoms with Gasteiger partial charge in [-0.05, 0) is 49.4 Å². The molecule has 1 aliphatic heterocycles. The van der Waals surface area contributed by atoms with Crippen LogP contribution in [0.4, 0.5) is 5.69 Å². The predicted molar refractivity (Wildman–Crippen MR) is 128 cm³/mol. The Morgan fingerprint density at radius 3 is 2.36 bits per heavy atom. The van der Waals surface area contributed by atoms with Crippen molar-refractivity contribution in [1.29, 1.82) is 0 Å². The van der Waals surface area contributed by atoms with Gasteiger partial charge >= 0.3 is 0 Å². The molecule has 0 aliphatic carbocycles. The summed E-state index contributed by atoms with van der Waals surface area (Å²) in [5.74, 6) is 1.02. The fraction of sp³-hybridized carbons (Fsp3) is 0.292. The lowest BCUT2D eigenvalue weighted by molar-refractivity contribution is 0.0775. The van der Waals surface area contributed by atoms with Gasteiger partial charge in [0.1, 0.15) is 11.5 Å². The minimum Gasteiger partial charge on any atom is -0.464 e. The van der Waals surface area contributed by atoms with Crippen LogP contribution >= 0.6 is 11.6 Å². The Bertz CT molecular complexity index is 1240. The molecule has 4 rings (SSSR count). The second-order valence-corrected chi connectivity index (χ2v) is 10.4. The molecular weight excluding hydrogens is 462 g/mol. The van der Waals surface area contributed by atoms with Gasteiger partial charge < -0.3 is 14.2 Å². The number of sulfonamides is 1. The number of rotatable bonds is 6. The smallest absolute Gasteiger partial charge is 0.255 e. The Morgan fingerprint density at radius 2 is 1.73 bits per heavy atom. The van der Waals surface area contributed by atoms with Crippen molar-refractivity contribution in [3.05, 3.63) is 82.8 Å². The number of carbonyl (C=O) groups excluding carboxylic acids is 1. The monoisotopic (exact) mass is 487 g/mol. The number of hydrogen-bond acceptors (Lipinski definition) is 5. The van der Waals surface area contributed by atoms with Crippen molar-refractivity contribution >= 4 is 33.2 Å². The molecule has 1 aromatic heterocycles. The lowest BCUT2D eigenvalue weighted by Crippen LogP contribution is -2.48. The zero-order valence-corrected chi connectivity index (χ0v) is 20.1. The SMILES string of the molecule is Cc1ccc(CN(C)C(=O)c2cc(S(=O)(=O)N3CCN(c4ccccc4)CC3)ccc2Cl)o1. The van der Waals surface area contributed by atoms with E-state index in [0.717, 1.165) is 11.4 Å². The molecule has 0 radical (unpaired) electrons. The minimum atomic E-state index is -3.76. The summed E-state index contributed by atoms with van der Waals surface area (Å²) in [5, 5.41) is 0.204. The van der Waals surface area contributed by atoms with E-state index in [4.69, 9.17) is 16.0 Å². The zero-order valence-electron chi connectivity index (χ0n) is 18.6. The molecule has 1 fully saturated rings. The van der Waals surface area contributed by atoms with E-state index in [0.29, 0.717) is 31.9 Å². The summed E-state index contributed by atoms with van der Waals surface area (Å²) in [6.45, 7) is 3.99. The molecule has 2 heterocycles. The van der Waals surface area contributed by atoms with Gasteiger partial charge in [-0.3, -0.25) is 4.79 Å². The van der Waals surface area contributed by atoms with E-state index in [9.17, 15) is 13.2 Å². The van der Waals surface area contributed by atoms with Crippen LogP contribution in [0.1, 0.15) is 21.9 Å². The van der Waals surface area contributed by atoms with Crippen molar-refractivity contribution in [2.45, 2.75) is 18.4 Å². The average molecular weight is 488 g/mol. The lowest BCUT2D eigenvalue weighted by Gasteiger charge is -2.35. The van der Waals surface area contributed by atoms with Crippen LogP contribution in [0, 0.1) is 6.92 Å². The first kappa shape index (κ1) is 23.4. The molecule has 0 bridgehead atoms. The number of para-hydroxylation sites is 1. The molecule has 0 unspecified atom stereocenters. The van der Waals surface area contributed by atoms with Crippen LogP contribution in [-0.4, -0.2) is 56.8 Å². The molecule has 2 aromatic carbocycles. The number of piperazine rings is 1. The number of amides is 1. The highest BCUT2D eigenvalue weighted by atomic mass is 35.5. The van der Waals surface area contributed by atoms with Crippen molar-refractivity contribution < 1.29 is 17.6 Å². The zero-order chi connectivity index (χ0) is 23.6. The maximum Gasteiger partial charge on any atom is 0.255 e. The van der Waals surface area contributed by atoms with E-state index >= 15 is 0 Å². The standard InChI is InChI=1S/C24H26ClN3O4S/c1-18-8-9-20(32-18)17-26(2)24(29)22-16-21(10-11-23(22)25)33(30,31)28-14-12-27(13-15-28)19-6-4-3-5-7-19/h3-11,16H,12-15,17H2,1-2H3. The largest absolute Gasteiger partial charge is 0.464 e. The average Bonchev–Trinajstić information content (AvgIpc) is 3.23. The molecule has 174 valence electrons. The van der Waals surface area contributed by atoms with E-state index < -0.39 is 10.0 Å². The molecule has 0 saturated carbocycles. The Balaban J connectivity index is 1.49. The maximum absolute atomic E-state index is 13.3. The van der Waals surface area contributed by atoms with E-state index in [2.05, 4.69) is 4.90 Å². The topological polar surface area (TPSA) is 74.1 Å². The fourth-order valence-corrected chi connectivity index (χ4v) is 5.53. The number of anilines is 1. The maximum atomic E-state index is 13.3. The second-order valence-electron chi connectivity index (χ2n) is 8.04. The van der Waals surface area contributed by atoms with E-state index in [1.807, 2.05) is 43.3 Å². The number of carbonyl (C=O) groups is 1. The van der Waals surface area contributed by atoms with Crippen LogP contribution in [0.3, 0.4) is 0 Å². The molecule has 0 spiro atoms. The fourth-order valence-electron chi connectivity index (χ4n) is 3.88. The summed E-state index contributed by atoms with van der Waals surface area (Å²) in [6.07, 6.45) is 0. The molecule has 0 N–H and O–H groups in total. The van der Waals surface area contributed by atoms with Crippen LogP contribution in [-0.2, 0) is 16.6 Å². The summed E-state index contributed by atoms with van der Waals surface area (Å²) in [5.41, 5.74) is 1.22. The van der Waals surface area contributed by atoms with Gasteiger partial charge in [0.2, 0.25) is 10.0 Å². The third-order valence-corrected chi connectivity index (χ3v) is 7.93. The third kappa shape index (κ3) is 5.08. The normalized spacial score (nSPS) is 14.9. The van der Waals surface area contributed by atoms with Crippen LogP contribution in [0.25, 0.3) is 0 Å². The van der Waals surface area contributed by atoms with Gasteiger partial charge in [-0.2, -0.15) is 4.31 Å². The highest BCUT2D eigenvalue weighted by Crippen LogP contribution is 2.26. The Hall–Kier alpha value is -2.81. The number of halogens is 1. The summed E-state index contributed by atoms with van der Waals surface area (Å²) in [4.78, 5) is 16.7. The second kappa shape index (κ2) is 9.59. The Labute approximate surface area is 199 Å². The lowest BCUT2D eigenvalue weighted by atomic mass is 10.2. The number of furan rings is 1. The molecule has 3 aromatic rings. The van der Waals surface area contributed by atoms with Crippen LogP contribution in [0.5, 0.6) is 0 Å². The first-order valence-corrected chi connectivity index (χ1v) is 12.5. The van der Waals surface area contributed by atoms with Crippen molar-refractivity contribution in [2.24, 2.45) is 0 Å². The van der Waals surface area contributed by atoms with E-state index in [-0.39, 0.29) is 27.9 Å². The molecule has 33 heavy (non-hydrogen) atoms. The summed E-state index contributed by atoms with van der Waals surface area (Å²) >= 11 is 6.28. The Morgan fingerprint density at radius 1 is 1.03 bits per heavy atom. The molecule has 7 nitrogen and oxygen atoms in total. The molecule has 9 heteroatoms. The number of nitrogens with zero attached hydrogens (tertiary/aromatic N) is 3. The predicted octanol–water partition coefficient (Wildman–Crippen LogP) is 4.02. The summed E-state index contributed by atoms with van der Waals surface area (Å²) in [7, 11) is -2.14. The van der Waals surface area contributed by atoms with Gasteiger partial charge in [0.25, 0.3) is 5.91 Å². The van der Waals surface area contributed by atoms with Crippen molar-refractivity contribution in [2.75, 3.05) is 38.1 Å². The first-order chi connectivity index (χ1) is 15.8. The quantitative estimate of drug-likeness (QED) is 0.525. The molecule has 1 aliphatic rings. The van der Waals surface area contributed by atoms with Gasteiger partial charge in [0.05, 0.1) is 22.0 Å². The van der Waals surface area contributed by atoms with Crippen molar-refractivity contribution in [3.63, 3.8) is 0 Å². The molecule has 1 amide bonds. The van der Waals surface area contributed by atoms with Crippen LogP contribution in [0.15, 0.2) is 70.0 Å². The van der Waals surface area contributed by atoms with Gasteiger partial charge in [-0.1, -0.05) is 29.8 Å². The highest BCUT2D eigenvalue weighted by molar-refractivity contribution is 7.89. The van der Waals surface area contributed by atoms with Gasteiger partial charge in [0.15, 0.2) is 0 Å². The van der Waals surface area contributed by atoms with Gasteiger partial charge in [-0.25, -0.2) is 8.42 Å². The number of aryl methyl sites for hydroxylation is 1. The Kier molecular flexibility index (Phi) is 6.78. The van der Waals surface area contributed by atoms with E-state index in [1.165, 1.54) is 27.4 Å². The van der Waals surface area contributed by atoms with Crippen molar-refractivity contribution in [1.82, 2.24) is 9.21 Å².